The quantitative estimate of drug-likeness (QED) is 0.306. The van der Waals surface area contributed by atoms with E-state index in [1.165, 1.54) is 23.1 Å². The van der Waals surface area contributed by atoms with Gasteiger partial charge in [0, 0.05) is 28.1 Å². The van der Waals surface area contributed by atoms with Crippen LogP contribution in [0.3, 0.4) is 0 Å². The van der Waals surface area contributed by atoms with E-state index in [9.17, 15) is 9.59 Å². The van der Waals surface area contributed by atoms with Crippen molar-refractivity contribution >= 4 is 56.2 Å². The molecule has 3 aromatic heterocycles. The molecule has 8 heteroatoms. The molecule has 0 radical (unpaired) electrons. The highest BCUT2D eigenvalue weighted by Crippen LogP contribution is 2.34. The van der Waals surface area contributed by atoms with Gasteiger partial charge in [0.05, 0.1) is 11.1 Å². The first-order valence-corrected chi connectivity index (χ1v) is 12.3. The number of rotatable bonds is 6. The number of aryl methyl sites for hydroxylation is 2. The molecule has 30 heavy (non-hydrogen) atoms. The van der Waals surface area contributed by atoms with Crippen LogP contribution in [0.2, 0.25) is 0 Å². The molecule has 0 saturated carbocycles. The van der Waals surface area contributed by atoms with Crippen LogP contribution in [0.4, 0.5) is 5.69 Å². The normalized spacial score (nSPS) is 11.2. The molecule has 0 saturated heterocycles. The van der Waals surface area contributed by atoms with Crippen LogP contribution in [0, 0.1) is 13.8 Å². The highest BCUT2D eigenvalue weighted by Gasteiger charge is 2.18. The summed E-state index contributed by atoms with van der Waals surface area (Å²) in [6.45, 7) is 6.37. The summed E-state index contributed by atoms with van der Waals surface area (Å²) in [6.07, 6.45) is 0. The predicted molar refractivity (Wildman–Crippen MR) is 128 cm³/mol. The summed E-state index contributed by atoms with van der Waals surface area (Å²) >= 11 is 4.38. The largest absolute Gasteiger partial charge is 0.325 e. The van der Waals surface area contributed by atoms with Crippen molar-refractivity contribution in [2.75, 3.05) is 11.1 Å². The molecule has 3 heterocycles. The van der Waals surface area contributed by atoms with Crippen LogP contribution in [-0.4, -0.2) is 21.2 Å². The van der Waals surface area contributed by atoms with Gasteiger partial charge in [-0.15, -0.1) is 22.7 Å². The number of anilines is 1. The van der Waals surface area contributed by atoms with Crippen LogP contribution in [0.1, 0.15) is 18.1 Å². The average molecular weight is 456 g/mol. The Bertz CT molecular complexity index is 1250. The summed E-state index contributed by atoms with van der Waals surface area (Å²) < 4.78 is 1.66. The maximum absolute atomic E-state index is 13.2. The summed E-state index contributed by atoms with van der Waals surface area (Å²) in [5, 5.41) is 8.22. The lowest BCUT2D eigenvalue weighted by molar-refractivity contribution is -0.113. The number of fused-ring (bicyclic) bond motifs is 1. The Morgan fingerprint density at radius 1 is 1.17 bits per heavy atom. The number of nitrogens with one attached hydrogen (secondary N) is 1. The zero-order valence-corrected chi connectivity index (χ0v) is 19.3. The van der Waals surface area contributed by atoms with Gasteiger partial charge < -0.3 is 5.32 Å². The number of carbonyl (C=O) groups is 1. The zero-order valence-electron chi connectivity index (χ0n) is 16.9. The van der Waals surface area contributed by atoms with Crippen molar-refractivity contribution in [3.8, 4) is 10.4 Å². The SMILES string of the molecule is CCn1c(SCC(=O)Nc2c(C)cccc2C)nc2scc(-c3cccs3)c2c1=O. The molecule has 0 aliphatic carbocycles. The van der Waals surface area contributed by atoms with Gasteiger partial charge in [-0.1, -0.05) is 36.0 Å². The number of para-hydroxylation sites is 1. The van der Waals surface area contributed by atoms with Gasteiger partial charge >= 0.3 is 0 Å². The molecule has 0 bridgehead atoms. The standard InChI is InChI=1S/C22H21N3O2S3/c1-4-25-21(27)18-15(16-9-6-10-28-16)11-29-20(18)24-22(25)30-12-17(26)23-19-13(2)7-5-8-14(19)3/h5-11H,4,12H2,1-3H3,(H,23,26). The van der Waals surface area contributed by atoms with E-state index in [0.29, 0.717) is 21.9 Å². The molecule has 1 aromatic carbocycles. The highest BCUT2D eigenvalue weighted by atomic mass is 32.2. The minimum absolute atomic E-state index is 0.0511. The van der Waals surface area contributed by atoms with Crippen molar-refractivity contribution in [3.63, 3.8) is 0 Å². The van der Waals surface area contributed by atoms with E-state index in [0.717, 1.165) is 27.3 Å². The van der Waals surface area contributed by atoms with Crippen molar-refractivity contribution in [2.24, 2.45) is 0 Å². The van der Waals surface area contributed by atoms with Crippen molar-refractivity contribution in [3.05, 3.63) is 62.6 Å². The van der Waals surface area contributed by atoms with Gasteiger partial charge in [-0.2, -0.15) is 0 Å². The van der Waals surface area contributed by atoms with E-state index in [1.807, 2.05) is 61.9 Å². The van der Waals surface area contributed by atoms with Gasteiger partial charge in [0.15, 0.2) is 5.16 Å². The fourth-order valence-electron chi connectivity index (χ4n) is 3.33. The molecule has 4 aromatic rings. The molecule has 0 fully saturated rings. The minimum Gasteiger partial charge on any atom is -0.325 e. The first-order valence-electron chi connectivity index (χ1n) is 9.54. The Labute approximate surface area is 186 Å². The smallest absolute Gasteiger partial charge is 0.263 e. The van der Waals surface area contributed by atoms with Crippen LogP contribution in [-0.2, 0) is 11.3 Å². The molecule has 1 N–H and O–H groups in total. The molecule has 1 amide bonds. The molecule has 154 valence electrons. The third kappa shape index (κ3) is 3.95. The molecule has 5 nitrogen and oxygen atoms in total. The third-order valence-corrected chi connectivity index (χ3v) is 7.59. The van der Waals surface area contributed by atoms with Gasteiger partial charge in [-0.25, -0.2) is 4.98 Å². The molecule has 0 unspecified atom stereocenters. The number of thiophene rings is 2. The number of thioether (sulfide) groups is 1. The Hall–Kier alpha value is -2.42. The van der Waals surface area contributed by atoms with E-state index in [4.69, 9.17) is 4.98 Å². The molecule has 0 atom stereocenters. The maximum atomic E-state index is 13.2. The van der Waals surface area contributed by atoms with Crippen molar-refractivity contribution in [2.45, 2.75) is 32.5 Å². The Morgan fingerprint density at radius 3 is 2.60 bits per heavy atom. The van der Waals surface area contributed by atoms with Crippen LogP contribution in [0.5, 0.6) is 0 Å². The number of aromatic nitrogens is 2. The molecule has 4 rings (SSSR count). The number of amides is 1. The maximum Gasteiger partial charge on any atom is 0.263 e. The van der Waals surface area contributed by atoms with Crippen LogP contribution < -0.4 is 10.9 Å². The van der Waals surface area contributed by atoms with Gasteiger partial charge in [0.25, 0.3) is 5.56 Å². The Kier molecular flexibility index (Phi) is 6.08. The average Bonchev–Trinajstić information content (AvgIpc) is 3.39. The minimum atomic E-state index is -0.111. The summed E-state index contributed by atoms with van der Waals surface area (Å²) in [7, 11) is 0. The van der Waals surface area contributed by atoms with Gasteiger partial charge in [0.2, 0.25) is 5.91 Å². The number of hydrogen-bond acceptors (Lipinski definition) is 6. The second-order valence-electron chi connectivity index (χ2n) is 6.85. The van der Waals surface area contributed by atoms with Crippen LogP contribution in [0.25, 0.3) is 20.7 Å². The third-order valence-electron chi connectivity index (χ3n) is 4.84. The first kappa shape index (κ1) is 20.8. The lowest BCUT2D eigenvalue weighted by Crippen LogP contribution is -2.23. The molecule has 0 spiro atoms. The van der Waals surface area contributed by atoms with E-state index >= 15 is 0 Å². The zero-order chi connectivity index (χ0) is 21.3. The van der Waals surface area contributed by atoms with Crippen molar-refractivity contribution in [1.29, 1.82) is 0 Å². The van der Waals surface area contributed by atoms with E-state index < -0.39 is 0 Å². The molecule has 0 aliphatic rings. The van der Waals surface area contributed by atoms with Crippen LogP contribution >= 0.6 is 34.4 Å². The first-order chi connectivity index (χ1) is 14.5. The molecular weight excluding hydrogens is 434 g/mol. The Morgan fingerprint density at radius 2 is 1.93 bits per heavy atom. The topological polar surface area (TPSA) is 64.0 Å². The van der Waals surface area contributed by atoms with Gasteiger partial charge in [-0.3, -0.25) is 14.2 Å². The van der Waals surface area contributed by atoms with Gasteiger partial charge in [-0.05, 0) is 43.3 Å². The summed E-state index contributed by atoms with van der Waals surface area (Å²) in [4.78, 5) is 32.3. The number of hydrogen-bond donors (Lipinski definition) is 1. The number of carbonyl (C=O) groups excluding carboxylic acids is 1. The number of benzene rings is 1. The lowest BCUT2D eigenvalue weighted by atomic mass is 10.1. The highest BCUT2D eigenvalue weighted by molar-refractivity contribution is 7.99. The molecule has 0 aliphatic heterocycles. The van der Waals surface area contributed by atoms with Crippen molar-refractivity contribution in [1.82, 2.24) is 9.55 Å². The van der Waals surface area contributed by atoms with Crippen LogP contribution in [0.15, 0.2) is 51.0 Å². The van der Waals surface area contributed by atoms with Gasteiger partial charge in [0.1, 0.15) is 4.83 Å². The Balaban J connectivity index is 1.60. The lowest BCUT2D eigenvalue weighted by Gasteiger charge is -2.12. The predicted octanol–water partition coefficient (Wildman–Crippen LogP) is 5.55. The van der Waals surface area contributed by atoms with Crippen molar-refractivity contribution < 1.29 is 4.79 Å². The summed E-state index contributed by atoms with van der Waals surface area (Å²) in [6, 6.07) is 9.92. The number of nitrogens with zero attached hydrogens (tertiary/aromatic N) is 2. The monoisotopic (exact) mass is 455 g/mol. The fourth-order valence-corrected chi connectivity index (χ4v) is 5.99. The summed E-state index contributed by atoms with van der Waals surface area (Å²) in [5.41, 5.74) is 3.79. The van der Waals surface area contributed by atoms with E-state index in [-0.39, 0.29) is 17.2 Å². The second-order valence-corrected chi connectivity index (χ2v) is 9.60. The summed E-state index contributed by atoms with van der Waals surface area (Å²) in [5.74, 6) is 0.0781. The van der Waals surface area contributed by atoms with E-state index in [2.05, 4.69) is 5.32 Å². The van der Waals surface area contributed by atoms with E-state index in [1.54, 1.807) is 15.9 Å². The molecular formula is C22H21N3O2S3. The fraction of sp³-hybridized carbons (Fsp3) is 0.227. The second kappa shape index (κ2) is 8.75.